The molecule has 2 saturated heterocycles. The summed E-state index contributed by atoms with van der Waals surface area (Å²) in [5.41, 5.74) is 1.43. The lowest BCUT2D eigenvalue weighted by Gasteiger charge is -2.38. The number of piperidine rings is 1. The zero-order valence-corrected chi connectivity index (χ0v) is 12.8. The van der Waals surface area contributed by atoms with Crippen molar-refractivity contribution in [1.29, 1.82) is 0 Å². The summed E-state index contributed by atoms with van der Waals surface area (Å²) >= 11 is 0. The fourth-order valence-electron chi connectivity index (χ4n) is 4.00. The summed E-state index contributed by atoms with van der Waals surface area (Å²) in [7, 11) is 0. The van der Waals surface area contributed by atoms with E-state index >= 15 is 0 Å². The first-order chi connectivity index (χ1) is 11.1. The molecule has 2 fully saturated rings. The number of hydrogen-bond acceptors (Lipinski definition) is 3. The molecule has 1 atom stereocenters. The van der Waals surface area contributed by atoms with Gasteiger partial charge in [0.2, 0.25) is 17.7 Å². The van der Waals surface area contributed by atoms with Gasteiger partial charge < -0.3 is 15.5 Å². The zero-order valence-electron chi connectivity index (χ0n) is 12.8. The van der Waals surface area contributed by atoms with E-state index in [1.165, 1.54) is 0 Å². The van der Waals surface area contributed by atoms with Gasteiger partial charge in [0, 0.05) is 25.2 Å². The third-order valence-electron chi connectivity index (χ3n) is 5.35. The van der Waals surface area contributed by atoms with Gasteiger partial charge in [0.15, 0.2) is 0 Å². The first-order valence-corrected chi connectivity index (χ1v) is 8.09. The predicted octanol–water partition coefficient (Wildman–Crippen LogP) is 0.777. The molecule has 3 amide bonds. The molecule has 1 aromatic rings. The summed E-state index contributed by atoms with van der Waals surface area (Å²) < 4.78 is 0. The minimum Gasteiger partial charge on any atom is -0.344 e. The van der Waals surface area contributed by atoms with Gasteiger partial charge in [0.1, 0.15) is 6.04 Å². The van der Waals surface area contributed by atoms with E-state index in [9.17, 15) is 14.4 Å². The molecule has 120 valence electrons. The fraction of sp³-hybridized carbons (Fsp3) is 0.471. The highest BCUT2D eigenvalue weighted by atomic mass is 16.2. The van der Waals surface area contributed by atoms with Crippen LogP contribution in [0.5, 0.6) is 0 Å². The summed E-state index contributed by atoms with van der Waals surface area (Å²) in [5, 5.41) is 5.69. The summed E-state index contributed by atoms with van der Waals surface area (Å²) in [5.74, 6) is -0.0294. The molecule has 0 aliphatic carbocycles. The maximum absolute atomic E-state index is 12.5. The fourth-order valence-corrected chi connectivity index (χ4v) is 4.00. The van der Waals surface area contributed by atoms with Crippen molar-refractivity contribution in [2.75, 3.05) is 18.4 Å². The standard InChI is InChI=1S/C17H19N3O3/c21-14-6-5-13(18-14)15(22)20-9-7-17(8-10-20)11-3-1-2-4-12(11)19-16(17)23/h1-4,13H,5-10H2,(H,18,21)(H,19,23)/t13-/m0/s1. The van der Waals surface area contributed by atoms with Crippen LogP contribution < -0.4 is 10.6 Å². The van der Waals surface area contributed by atoms with Crippen LogP contribution in [0.4, 0.5) is 5.69 Å². The Morgan fingerprint density at radius 1 is 1.17 bits per heavy atom. The first kappa shape index (κ1) is 14.2. The molecule has 3 aliphatic rings. The lowest BCUT2D eigenvalue weighted by Crippen LogP contribution is -2.52. The number of carbonyl (C=O) groups is 3. The topological polar surface area (TPSA) is 78.5 Å². The molecule has 1 spiro atoms. The number of hydrogen-bond donors (Lipinski definition) is 2. The van der Waals surface area contributed by atoms with Crippen LogP contribution in [-0.2, 0) is 19.8 Å². The molecule has 3 aliphatic heterocycles. The highest BCUT2D eigenvalue weighted by Crippen LogP contribution is 2.44. The Bertz CT molecular complexity index is 692. The molecule has 0 saturated carbocycles. The smallest absolute Gasteiger partial charge is 0.245 e. The van der Waals surface area contributed by atoms with E-state index in [2.05, 4.69) is 10.6 Å². The lowest BCUT2D eigenvalue weighted by molar-refractivity contribution is -0.137. The van der Waals surface area contributed by atoms with E-state index < -0.39 is 5.41 Å². The molecule has 6 heteroatoms. The molecule has 0 bridgehead atoms. The van der Waals surface area contributed by atoms with Crippen molar-refractivity contribution < 1.29 is 14.4 Å². The maximum atomic E-state index is 12.5. The van der Waals surface area contributed by atoms with Gasteiger partial charge in [-0.15, -0.1) is 0 Å². The number of amides is 3. The summed E-state index contributed by atoms with van der Waals surface area (Å²) in [6.45, 7) is 1.10. The second-order valence-corrected chi connectivity index (χ2v) is 6.57. The van der Waals surface area contributed by atoms with Crippen molar-refractivity contribution >= 4 is 23.4 Å². The Hall–Kier alpha value is -2.37. The highest BCUT2D eigenvalue weighted by Gasteiger charge is 2.49. The Labute approximate surface area is 134 Å². The Morgan fingerprint density at radius 3 is 2.61 bits per heavy atom. The number of nitrogens with one attached hydrogen (secondary N) is 2. The number of fused-ring (bicyclic) bond motifs is 2. The van der Waals surface area contributed by atoms with Crippen molar-refractivity contribution in [3.8, 4) is 0 Å². The number of rotatable bonds is 1. The number of likely N-dealkylation sites (tertiary alicyclic amines) is 1. The van der Waals surface area contributed by atoms with Crippen molar-refractivity contribution in [2.45, 2.75) is 37.1 Å². The lowest BCUT2D eigenvalue weighted by atomic mass is 9.73. The van der Waals surface area contributed by atoms with Gasteiger partial charge in [0.25, 0.3) is 0 Å². The Balaban J connectivity index is 1.50. The number of benzene rings is 1. The molecule has 1 aromatic carbocycles. The van der Waals surface area contributed by atoms with Crippen LogP contribution in [0.25, 0.3) is 0 Å². The molecule has 0 radical (unpaired) electrons. The van der Waals surface area contributed by atoms with Gasteiger partial charge in [-0.1, -0.05) is 18.2 Å². The Kier molecular flexibility index (Phi) is 3.14. The SMILES string of the molecule is O=C1CC[C@@H](C(=O)N2CCC3(CC2)C(=O)Nc2ccccc23)N1. The van der Waals surface area contributed by atoms with Crippen LogP contribution in [0.3, 0.4) is 0 Å². The Morgan fingerprint density at radius 2 is 1.91 bits per heavy atom. The minimum absolute atomic E-state index is 0.0163. The summed E-state index contributed by atoms with van der Waals surface area (Å²) in [4.78, 5) is 38.1. The van der Waals surface area contributed by atoms with E-state index in [1.807, 2.05) is 24.3 Å². The number of nitrogens with zero attached hydrogens (tertiary/aromatic N) is 1. The van der Waals surface area contributed by atoms with E-state index in [0.717, 1.165) is 11.3 Å². The monoisotopic (exact) mass is 313 g/mol. The van der Waals surface area contributed by atoms with E-state index in [1.54, 1.807) is 4.90 Å². The molecule has 0 unspecified atom stereocenters. The van der Waals surface area contributed by atoms with E-state index in [0.29, 0.717) is 38.8 Å². The number of para-hydroxylation sites is 1. The molecule has 6 nitrogen and oxygen atoms in total. The van der Waals surface area contributed by atoms with Crippen LogP contribution in [0.15, 0.2) is 24.3 Å². The second kappa shape index (κ2) is 5.08. The molecule has 0 aromatic heterocycles. The van der Waals surface area contributed by atoms with Crippen LogP contribution in [0.2, 0.25) is 0 Å². The van der Waals surface area contributed by atoms with Gasteiger partial charge in [-0.05, 0) is 30.9 Å². The van der Waals surface area contributed by atoms with E-state index in [4.69, 9.17) is 0 Å². The predicted molar refractivity (Wildman–Crippen MR) is 83.7 cm³/mol. The zero-order chi connectivity index (χ0) is 16.0. The van der Waals surface area contributed by atoms with Crippen molar-refractivity contribution in [1.82, 2.24) is 10.2 Å². The highest BCUT2D eigenvalue weighted by molar-refractivity contribution is 6.06. The minimum atomic E-state index is -0.508. The molecule has 4 rings (SSSR count). The number of anilines is 1. The third-order valence-corrected chi connectivity index (χ3v) is 5.35. The molecule has 2 N–H and O–H groups in total. The van der Waals surface area contributed by atoms with Crippen molar-refractivity contribution in [3.63, 3.8) is 0 Å². The quantitative estimate of drug-likeness (QED) is 0.804. The summed E-state index contributed by atoms with van der Waals surface area (Å²) in [6, 6.07) is 7.41. The van der Waals surface area contributed by atoms with Gasteiger partial charge in [-0.2, -0.15) is 0 Å². The molecular formula is C17H19N3O3. The molecular weight excluding hydrogens is 294 g/mol. The van der Waals surface area contributed by atoms with Crippen molar-refractivity contribution in [3.05, 3.63) is 29.8 Å². The van der Waals surface area contributed by atoms with Crippen LogP contribution in [0, 0.1) is 0 Å². The average Bonchev–Trinajstić information content (AvgIpc) is 3.11. The third kappa shape index (κ3) is 2.12. The maximum Gasteiger partial charge on any atom is 0.245 e. The first-order valence-electron chi connectivity index (χ1n) is 8.09. The molecule has 3 heterocycles. The van der Waals surface area contributed by atoms with Gasteiger partial charge >= 0.3 is 0 Å². The van der Waals surface area contributed by atoms with Crippen LogP contribution in [0.1, 0.15) is 31.2 Å². The van der Waals surface area contributed by atoms with E-state index in [-0.39, 0.29) is 23.8 Å². The van der Waals surface area contributed by atoms with Crippen molar-refractivity contribution in [2.24, 2.45) is 0 Å². The van der Waals surface area contributed by atoms with Crippen LogP contribution >= 0.6 is 0 Å². The average molecular weight is 313 g/mol. The molecule has 23 heavy (non-hydrogen) atoms. The van der Waals surface area contributed by atoms with Gasteiger partial charge in [0.05, 0.1) is 5.41 Å². The second-order valence-electron chi connectivity index (χ2n) is 6.57. The number of carbonyl (C=O) groups excluding carboxylic acids is 3. The normalized spacial score (nSPS) is 25.2. The largest absolute Gasteiger partial charge is 0.344 e. The van der Waals surface area contributed by atoms with Crippen LogP contribution in [-0.4, -0.2) is 41.8 Å². The van der Waals surface area contributed by atoms with Gasteiger partial charge in [-0.3, -0.25) is 14.4 Å². The van der Waals surface area contributed by atoms with Gasteiger partial charge in [-0.25, -0.2) is 0 Å². The summed E-state index contributed by atoms with van der Waals surface area (Å²) in [6.07, 6.45) is 2.25.